The van der Waals surface area contributed by atoms with Gasteiger partial charge >= 0.3 is 0 Å². The van der Waals surface area contributed by atoms with E-state index < -0.39 is 0 Å². The molecule has 0 aliphatic rings. The lowest BCUT2D eigenvalue weighted by Crippen LogP contribution is -2.24. The van der Waals surface area contributed by atoms with Crippen LogP contribution in [0.5, 0.6) is 0 Å². The molecule has 0 saturated carbocycles. The van der Waals surface area contributed by atoms with E-state index >= 15 is 0 Å². The number of rotatable bonds is 4. The maximum Gasteiger partial charge on any atom is 0.182 e. The van der Waals surface area contributed by atoms with Crippen molar-refractivity contribution < 1.29 is 0 Å². The number of nitrogens with zero attached hydrogens (tertiary/aromatic N) is 1. The van der Waals surface area contributed by atoms with Crippen molar-refractivity contribution in [3.05, 3.63) is 11.1 Å². The smallest absolute Gasteiger partial charge is 0.182 e. The fourth-order valence-electron chi connectivity index (χ4n) is 0.797. The molecule has 2 nitrogen and oxygen atoms in total. The first-order valence-electron chi connectivity index (χ1n) is 4.25. The number of halogens is 1. The molecular formula is C9H15ClN2S. The van der Waals surface area contributed by atoms with Crippen LogP contribution in [0.1, 0.15) is 19.5 Å². The first-order valence-corrected chi connectivity index (χ1v) is 5.67. The zero-order valence-electron chi connectivity index (χ0n) is 8.22. The van der Waals surface area contributed by atoms with Crippen molar-refractivity contribution in [2.45, 2.75) is 20.8 Å². The normalized spacial score (nSPS) is 11.7. The van der Waals surface area contributed by atoms with Crippen molar-refractivity contribution in [2.75, 3.05) is 17.7 Å². The molecule has 74 valence electrons. The molecule has 0 atom stereocenters. The zero-order chi connectivity index (χ0) is 9.90. The summed E-state index contributed by atoms with van der Waals surface area (Å²) in [6.45, 7) is 7.12. The van der Waals surface area contributed by atoms with Crippen LogP contribution in [0.4, 0.5) is 5.13 Å². The van der Waals surface area contributed by atoms with Gasteiger partial charge in [0.15, 0.2) is 5.13 Å². The van der Waals surface area contributed by atoms with Gasteiger partial charge in [-0.2, -0.15) is 0 Å². The second-order valence-electron chi connectivity index (χ2n) is 3.95. The highest BCUT2D eigenvalue weighted by atomic mass is 35.5. The third-order valence-electron chi connectivity index (χ3n) is 1.70. The Balaban J connectivity index is 2.43. The summed E-state index contributed by atoms with van der Waals surface area (Å²) in [6, 6.07) is 0. The van der Waals surface area contributed by atoms with E-state index in [0.29, 0.717) is 5.88 Å². The molecule has 1 heterocycles. The Morgan fingerprint density at radius 2 is 2.31 bits per heavy atom. The second kappa shape index (κ2) is 4.29. The lowest BCUT2D eigenvalue weighted by atomic mass is 9.97. The van der Waals surface area contributed by atoms with Crippen LogP contribution in [0.15, 0.2) is 5.38 Å². The van der Waals surface area contributed by atoms with Crippen molar-refractivity contribution in [1.82, 2.24) is 4.98 Å². The number of hydrogen-bond donors (Lipinski definition) is 1. The van der Waals surface area contributed by atoms with Crippen molar-refractivity contribution >= 4 is 28.1 Å². The van der Waals surface area contributed by atoms with E-state index in [1.165, 1.54) is 0 Å². The van der Waals surface area contributed by atoms with Gasteiger partial charge in [-0.05, 0) is 12.3 Å². The molecule has 0 saturated heterocycles. The Morgan fingerprint density at radius 1 is 1.62 bits per heavy atom. The summed E-state index contributed by atoms with van der Waals surface area (Å²) < 4.78 is 0. The number of anilines is 1. The van der Waals surface area contributed by atoms with Gasteiger partial charge in [0.1, 0.15) is 0 Å². The molecule has 1 rings (SSSR count). The van der Waals surface area contributed by atoms with Gasteiger partial charge in [-0.1, -0.05) is 13.8 Å². The second-order valence-corrected chi connectivity index (χ2v) is 5.07. The maximum atomic E-state index is 5.81. The number of thiazole rings is 1. The minimum absolute atomic E-state index is 0.126. The van der Waals surface area contributed by atoms with Crippen LogP contribution in [-0.2, 0) is 0 Å². The SMILES string of the molecule is Cc1csc(NCC(C)(C)CCl)n1. The van der Waals surface area contributed by atoms with Crippen LogP contribution in [0.3, 0.4) is 0 Å². The number of hydrogen-bond acceptors (Lipinski definition) is 3. The molecule has 1 aromatic heterocycles. The van der Waals surface area contributed by atoms with Crippen molar-refractivity contribution in [3.63, 3.8) is 0 Å². The van der Waals surface area contributed by atoms with E-state index in [2.05, 4.69) is 24.1 Å². The molecule has 0 radical (unpaired) electrons. The average Bonchev–Trinajstić information content (AvgIpc) is 2.48. The van der Waals surface area contributed by atoms with Gasteiger partial charge in [0.25, 0.3) is 0 Å². The number of nitrogens with one attached hydrogen (secondary N) is 1. The molecule has 13 heavy (non-hydrogen) atoms. The minimum atomic E-state index is 0.126. The largest absolute Gasteiger partial charge is 0.361 e. The van der Waals surface area contributed by atoms with Gasteiger partial charge in [-0.3, -0.25) is 0 Å². The molecule has 0 aliphatic carbocycles. The van der Waals surface area contributed by atoms with E-state index in [0.717, 1.165) is 17.4 Å². The van der Waals surface area contributed by atoms with Crippen molar-refractivity contribution in [3.8, 4) is 0 Å². The van der Waals surface area contributed by atoms with Crippen LogP contribution >= 0.6 is 22.9 Å². The van der Waals surface area contributed by atoms with Crippen LogP contribution in [0.2, 0.25) is 0 Å². The molecular weight excluding hydrogens is 204 g/mol. The van der Waals surface area contributed by atoms with Crippen LogP contribution in [-0.4, -0.2) is 17.4 Å². The molecule has 0 aliphatic heterocycles. The Kier molecular flexibility index (Phi) is 3.56. The number of aryl methyl sites for hydroxylation is 1. The molecule has 0 unspecified atom stereocenters. The van der Waals surface area contributed by atoms with Gasteiger partial charge in [-0.15, -0.1) is 22.9 Å². The first kappa shape index (κ1) is 10.8. The molecule has 4 heteroatoms. The van der Waals surface area contributed by atoms with Crippen molar-refractivity contribution in [2.24, 2.45) is 5.41 Å². The minimum Gasteiger partial charge on any atom is -0.361 e. The van der Waals surface area contributed by atoms with Gasteiger partial charge < -0.3 is 5.32 Å². The van der Waals surface area contributed by atoms with Gasteiger partial charge in [0.2, 0.25) is 0 Å². The predicted octanol–water partition coefficient (Wildman–Crippen LogP) is 3.13. The Hall–Kier alpha value is -0.280. The standard InChI is InChI=1S/C9H15ClN2S/c1-7-4-13-8(12-7)11-6-9(2,3)5-10/h4H,5-6H2,1-3H3,(H,11,12). The molecule has 0 aromatic carbocycles. The summed E-state index contributed by atoms with van der Waals surface area (Å²) in [7, 11) is 0. The quantitative estimate of drug-likeness (QED) is 0.786. The molecule has 0 amide bonds. The number of alkyl halides is 1. The monoisotopic (exact) mass is 218 g/mol. The molecule has 0 fully saturated rings. The molecule has 0 bridgehead atoms. The fraction of sp³-hybridized carbons (Fsp3) is 0.667. The summed E-state index contributed by atoms with van der Waals surface area (Å²) in [5, 5.41) is 6.30. The van der Waals surface area contributed by atoms with Crippen molar-refractivity contribution in [1.29, 1.82) is 0 Å². The van der Waals surface area contributed by atoms with E-state index in [9.17, 15) is 0 Å². The summed E-state index contributed by atoms with van der Waals surface area (Å²) in [5.41, 5.74) is 1.19. The Morgan fingerprint density at radius 3 is 2.77 bits per heavy atom. The lowest BCUT2D eigenvalue weighted by Gasteiger charge is -2.21. The van der Waals surface area contributed by atoms with Crippen LogP contribution in [0.25, 0.3) is 0 Å². The van der Waals surface area contributed by atoms with E-state index in [1.807, 2.05) is 12.3 Å². The van der Waals surface area contributed by atoms with Gasteiger partial charge in [-0.25, -0.2) is 4.98 Å². The third kappa shape index (κ3) is 3.53. The highest BCUT2D eigenvalue weighted by molar-refractivity contribution is 7.13. The van der Waals surface area contributed by atoms with E-state index in [1.54, 1.807) is 11.3 Å². The first-order chi connectivity index (χ1) is 6.03. The Labute approximate surface area is 88.3 Å². The van der Waals surface area contributed by atoms with Crippen LogP contribution in [0, 0.1) is 12.3 Å². The van der Waals surface area contributed by atoms with Gasteiger partial charge in [0.05, 0.1) is 5.69 Å². The predicted molar refractivity (Wildman–Crippen MR) is 59.8 cm³/mol. The molecule has 1 aromatic rings. The third-order valence-corrected chi connectivity index (χ3v) is 3.34. The topological polar surface area (TPSA) is 24.9 Å². The fourth-order valence-corrected chi connectivity index (χ4v) is 1.58. The van der Waals surface area contributed by atoms with Crippen LogP contribution < -0.4 is 5.32 Å². The summed E-state index contributed by atoms with van der Waals surface area (Å²) in [5.74, 6) is 0.657. The van der Waals surface area contributed by atoms with Gasteiger partial charge in [0, 0.05) is 17.8 Å². The summed E-state index contributed by atoms with van der Waals surface area (Å²) in [4.78, 5) is 4.31. The summed E-state index contributed by atoms with van der Waals surface area (Å²) >= 11 is 7.44. The average molecular weight is 219 g/mol. The summed E-state index contributed by atoms with van der Waals surface area (Å²) in [6.07, 6.45) is 0. The highest BCUT2D eigenvalue weighted by Crippen LogP contribution is 2.20. The Bertz CT molecular complexity index is 270. The molecule has 1 N–H and O–H groups in total. The molecule has 0 spiro atoms. The highest BCUT2D eigenvalue weighted by Gasteiger charge is 2.16. The maximum absolute atomic E-state index is 5.81. The number of aromatic nitrogens is 1. The van der Waals surface area contributed by atoms with E-state index in [4.69, 9.17) is 11.6 Å². The lowest BCUT2D eigenvalue weighted by molar-refractivity contribution is 0.450. The van der Waals surface area contributed by atoms with E-state index in [-0.39, 0.29) is 5.41 Å². The zero-order valence-corrected chi connectivity index (χ0v) is 9.80.